The van der Waals surface area contributed by atoms with Crippen LogP contribution in [-0.4, -0.2) is 48.6 Å². The summed E-state index contributed by atoms with van der Waals surface area (Å²) in [6.45, 7) is 3.67. The lowest BCUT2D eigenvalue weighted by molar-refractivity contribution is -0.132. The third-order valence-corrected chi connectivity index (χ3v) is 9.88. The van der Waals surface area contributed by atoms with E-state index >= 15 is 0 Å². The molecule has 1 aliphatic rings. The van der Waals surface area contributed by atoms with Gasteiger partial charge < -0.3 is 19.4 Å². The Hall–Kier alpha value is -4.20. The number of carbonyl (C=O) groups excluding carboxylic acids is 2. The van der Waals surface area contributed by atoms with Crippen LogP contribution in [0, 0.1) is 13.8 Å². The molecule has 1 amide bonds. The molecular formula is C30H24BrN5O5S2. The van der Waals surface area contributed by atoms with E-state index in [4.69, 9.17) is 4.74 Å². The van der Waals surface area contributed by atoms with Crippen molar-refractivity contribution in [1.29, 1.82) is 0 Å². The molecule has 1 atom stereocenters. The van der Waals surface area contributed by atoms with Crippen LogP contribution in [0.1, 0.15) is 34.1 Å². The minimum Gasteiger partial charge on any atom is -0.505 e. The van der Waals surface area contributed by atoms with E-state index in [2.05, 4.69) is 31.1 Å². The minimum atomic E-state index is -1.11. The van der Waals surface area contributed by atoms with Gasteiger partial charge in [0.2, 0.25) is 5.13 Å². The van der Waals surface area contributed by atoms with Crippen molar-refractivity contribution in [3.8, 4) is 11.5 Å². The molecule has 0 spiro atoms. The second-order valence-electron chi connectivity index (χ2n) is 9.78. The van der Waals surface area contributed by atoms with Gasteiger partial charge in [-0.05, 0) is 64.7 Å². The molecule has 1 aliphatic heterocycles. The number of hydrogen-bond acceptors (Lipinski definition) is 10. The largest absolute Gasteiger partial charge is 0.505 e. The maximum absolute atomic E-state index is 13.7. The van der Waals surface area contributed by atoms with E-state index in [-0.39, 0.29) is 32.4 Å². The van der Waals surface area contributed by atoms with Crippen molar-refractivity contribution in [2.75, 3.05) is 12.0 Å². The van der Waals surface area contributed by atoms with E-state index < -0.39 is 23.5 Å². The molecule has 0 bridgehead atoms. The zero-order valence-corrected chi connectivity index (χ0v) is 26.3. The van der Waals surface area contributed by atoms with Gasteiger partial charge >= 0.3 is 5.91 Å². The number of aliphatic hydroxyl groups excluding tert-OH is 1. The third kappa shape index (κ3) is 5.07. The van der Waals surface area contributed by atoms with Crippen LogP contribution >= 0.6 is 39.0 Å². The van der Waals surface area contributed by atoms with E-state index in [1.54, 1.807) is 13.0 Å². The molecule has 10 nitrogen and oxygen atoms in total. The standard InChI is InChI=1S/C30H24BrN5O5S2/c1-15-8-7-11-35-16(2)22(32-27(15)35)25(38)21-23(18-12-19(31)24(37)20(13-18)41-3)36(28(40)26(21)39)29-33-34-30(43-29)42-14-17-9-5-4-6-10-17/h4-13,23,37-38H,14H2,1-3H3/b25-21+. The summed E-state index contributed by atoms with van der Waals surface area (Å²) in [5, 5.41) is 30.9. The maximum atomic E-state index is 13.7. The van der Waals surface area contributed by atoms with Gasteiger partial charge in [0.1, 0.15) is 11.3 Å². The van der Waals surface area contributed by atoms with Gasteiger partial charge in [-0.1, -0.05) is 59.5 Å². The average Bonchev–Trinajstić information content (AvgIpc) is 3.69. The number of Topliss-reactive ketones (excluding diaryl/α,β-unsaturated/α-hetero) is 1. The molecule has 2 aromatic carbocycles. The number of hydrogen-bond donors (Lipinski definition) is 2. The van der Waals surface area contributed by atoms with Crippen LogP contribution in [0.3, 0.4) is 0 Å². The highest BCUT2D eigenvalue weighted by Crippen LogP contribution is 2.47. The van der Waals surface area contributed by atoms with Crippen molar-refractivity contribution >= 4 is 67.3 Å². The monoisotopic (exact) mass is 677 g/mol. The first-order chi connectivity index (χ1) is 20.7. The summed E-state index contributed by atoms with van der Waals surface area (Å²) in [4.78, 5) is 33.3. The molecule has 1 saturated heterocycles. The number of aliphatic hydroxyl groups is 1. The highest BCUT2D eigenvalue weighted by Gasteiger charge is 2.49. The summed E-state index contributed by atoms with van der Waals surface area (Å²) in [6.07, 6.45) is 1.81. The Balaban J connectivity index is 1.50. The maximum Gasteiger partial charge on any atom is 0.301 e. The van der Waals surface area contributed by atoms with Crippen molar-refractivity contribution in [3.63, 3.8) is 0 Å². The molecule has 1 unspecified atom stereocenters. The number of thioether (sulfide) groups is 1. The zero-order chi connectivity index (χ0) is 30.4. The predicted octanol–water partition coefficient (Wildman–Crippen LogP) is 6.20. The van der Waals surface area contributed by atoms with Gasteiger partial charge in [-0.3, -0.25) is 14.5 Å². The van der Waals surface area contributed by atoms with Gasteiger partial charge in [0, 0.05) is 11.9 Å². The van der Waals surface area contributed by atoms with Gasteiger partial charge in [-0.25, -0.2) is 4.98 Å². The normalized spacial score (nSPS) is 16.4. The van der Waals surface area contributed by atoms with Crippen LogP contribution in [0.5, 0.6) is 11.5 Å². The number of fused-ring (bicyclic) bond motifs is 1. The molecule has 4 heterocycles. The van der Waals surface area contributed by atoms with E-state index in [0.717, 1.165) is 11.1 Å². The highest BCUT2D eigenvalue weighted by molar-refractivity contribution is 9.10. The number of aromatic nitrogens is 4. The van der Waals surface area contributed by atoms with Crippen LogP contribution in [-0.2, 0) is 15.3 Å². The quantitative estimate of drug-likeness (QED) is 0.0680. The lowest BCUT2D eigenvalue weighted by Crippen LogP contribution is -2.29. The van der Waals surface area contributed by atoms with Crippen LogP contribution in [0.15, 0.2) is 75.2 Å². The predicted molar refractivity (Wildman–Crippen MR) is 168 cm³/mol. The smallest absolute Gasteiger partial charge is 0.301 e. The fourth-order valence-electron chi connectivity index (χ4n) is 5.00. The van der Waals surface area contributed by atoms with Crippen molar-refractivity contribution < 1.29 is 24.5 Å². The fraction of sp³-hybridized carbons (Fsp3) is 0.167. The SMILES string of the molecule is COc1cc(C2/C(=C(\O)c3nc4c(C)cccn4c3C)C(=O)C(=O)N2c2nnc(SCc3ccccc3)s2)cc(Br)c1O. The number of phenolic OH excluding ortho intramolecular Hbond substituents is 1. The van der Waals surface area contributed by atoms with Crippen LogP contribution in [0.25, 0.3) is 11.4 Å². The van der Waals surface area contributed by atoms with Crippen LogP contribution in [0.4, 0.5) is 5.13 Å². The van der Waals surface area contributed by atoms with E-state index in [1.807, 2.05) is 60.0 Å². The molecule has 0 aliphatic carbocycles. The Labute approximate surface area is 262 Å². The van der Waals surface area contributed by atoms with Gasteiger partial charge in [0.05, 0.1) is 28.9 Å². The van der Waals surface area contributed by atoms with Crippen molar-refractivity contribution in [1.82, 2.24) is 19.6 Å². The number of pyridine rings is 1. The first-order valence-corrected chi connectivity index (χ1v) is 15.6. The summed E-state index contributed by atoms with van der Waals surface area (Å²) >= 11 is 5.97. The van der Waals surface area contributed by atoms with E-state index in [1.165, 1.54) is 41.2 Å². The lowest BCUT2D eigenvalue weighted by atomic mass is 9.96. The van der Waals surface area contributed by atoms with Gasteiger partial charge in [0.15, 0.2) is 21.6 Å². The number of halogens is 1. The van der Waals surface area contributed by atoms with Crippen molar-refractivity contribution in [2.24, 2.45) is 0 Å². The fourth-order valence-corrected chi connectivity index (χ4v) is 7.29. The van der Waals surface area contributed by atoms with Crippen molar-refractivity contribution in [2.45, 2.75) is 30.0 Å². The number of aryl methyl sites for hydroxylation is 2. The number of aromatic hydroxyl groups is 1. The number of phenols is 1. The summed E-state index contributed by atoms with van der Waals surface area (Å²) in [5.41, 5.74) is 3.60. The van der Waals surface area contributed by atoms with Gasteiger partial charge in [0.25, 0.3) is 5.78 Å². The summed E-state index contributed by atoms with van der Waals surface area (Å²) in [7, 11) is 1.39. The first kappa shape index (κ1) is 28.9. The number of amides is 1. The molecule has 0 saturated carbocycles. The second-order valence-corrected chi connectivity index (χ2v) is 12.8. The Morgan fingerprint density at radius 3 is 2.60 bits per heavy atom. The van der Waals surface area contributed by atoms with E-state index in [9.17, 15) is 19.8 Å². The molecule has 2 N–H and O–H groups in total. The molecule has 43 heavy (non-hydrogen) atoms. The molecular weight excluding hydrogens is 654 g/mol. The molecule has 6 rings (SSSR count). The Morgan fingerprint density at radius 1 is 1.12 bits per heavy atom. The number of ether oxygens (including phenoxy) is 1. The average molecular weight is 679 g/mol. The Kier molecular flexibility index (Phi) is 7.71. The number of methoxy groups -OCH3 is 1. The Morgan fingerprint density at radius 2 is 1.88 bits per heavy atom. The molecule has 0 radical (unpaired) electrons. The topological polar surface area (TPSA) is 130 Å². The van der Waals surface area contributed by atoms with Crippen molar-refractivity contribution in [3.05, 3.63) is 98.9 Å². The third-order valence-electron chi connectivity index (χ3n) is 7.15. The first-order valence-electron chi connectivity index (χ1n) is 13.0. The number of rotatable bonds is 7. The van der Waals surface area contributed by atoms with Gasteiger partial charge in [-0.2, -0.15) is 0 Å². The summed E-state index contributed by atoms with van der Waals surface area (Å²) in [5.74, 6) is -1.57. The number of imidazole rings is 1. The van der Waals surface area contributed by atoms with E-state index in [0.29, 0.717) is 27.0 Å². The lowest BCUT2D eigenvalue weighted by Gasteiger charge is -2.23. The highest BCUT2D eigenvalue weighted by atomic mass is 79.9. The number of ketones is 1. The minimum absolute atomic E-state index is 0.117. The summed E-state index contributed by atoms with van der Waals surface area (Å²) in [6, 6.07) is 15.6. The molecule has 3 aromatic heterocycles. The molecule has 218 valence electrons. The number of benzene rings is 2. The number of carbonyl (C=O) groups is 2. The number of anilines is 1. The van der Waals surface area contributed by atoms with Crippen LogP contribution < -0.4 is 9.64 Å². The van der Waals surface area contributed by atoms with Gasteiger partial charge in [-0.15, -0.1) is 10.2 Å². The number of nitrogens with zero attached hydrogens (tertiary/aromatic N) is 5. The second kappa shape index (κ2) is 11.5. The molecule has 5 aromatic rings. The van der Waals surface area contributed by atoms with Crippen LogP contribution in [0.2, 0.25) is 0 Å². The molecule has 1 fully saturated rings. The Bertz CT molecular complexity index is 1940. The summed E-state index contributed by atoms with van der Waals surface area (Å²) < 4.78 is 8.06. The molecule has 13 heteroatoms. The zero-order valence-electron chi connectivity index (χ0n) is 23.1.